The number of guanidine groups is 2. The molecule has 18 nitrogen and oxygen atoms in total. The zero-order chi connectivity index (χ0) is 43.2. The van der Waals surface area contributed by atoms with E-state index in [0.717, 1.165) is 5.56 Å². The predicted molar refractivity (Wildman–Crippen MR) is 222 cm³/mol. The number of nitrogens with one attached hydrogen (secondary N) is 5. The minimum absolute atomic E-state index is 0.00614. The minimum Gasteiger partial charge on any atom is -0.370 e. The van der Waals surface area contributed by atoms with E-state index in [0.29, 0.717) is 19.3 Å². The molecule has 0 radical (unpaired) electrons. The van der Waals surface area contributed by atoms with Crippen molar-refractivity contribution >= 4 is 47.2 Å². The van der Waals surface area contributed by atoms with Crippen LogP contribution in [0.4, 0.5) is 0 Å². The molecule has 1 aromatic carbocycles. The molecule has 0 aliphatic heterocycles. The molecule has 6 atom stereocenters. The maximum absolute atomic E-state index is 14.1. The molecular weight excluding hydrogens is 733 g/mol. The van der Waals surface area contributed by atoms with E-state index >= 15 is 0 Å². The Balaban J connectivity index is 3.36. The van der Waals surface area contributed by atoms with Crippen LogP contribution >= 0.6 is 0 Å². The third-order valence-electron chi connectivity index (χ3n) is 8.90. The van der Waals surface area contributed by atoms with Gasteiger partial charge in [-0.2, -0.15) is 0 Å². The molecular formula is C39H68N12O6. The van der Waals surface area contributed by atoms with Crippen LogP contribution in [-0.2, 0) is 35.2 Å². The molecule has 1 rings (SSSR count). The summed E-state index contributed by atoms with van der Waals surface area (Å²) in [5, 5.41) is 13.9. The van der Waals surface area contributed by atoms with Crippen LogP contribution in [0, 0.1) is 17.8 Å². The highest BCUT2D eigenvalue weighted by Gasteiger charge is 2.34. The number of hydrogen-bond acceptors (Lipinski definition) is 9. The molecule has 0 bridgehead atoms. The smallest absolute Gasteiger partial charge is 0.243 e. The first-order chi connectivity index (χ1) is 26.7. The van der Waals surface area contributed by atoms with Crippen molar-refractivity contribution in [1.82, 2.24) is 26.6 Å². The predicted octanol–water partition coefficient (Wildman–Crippen LogP) is -0.575. The van der Waals surface area contributed by atoms with E-state index in [1.807, 2.05) is 33.8 Å². The van der Waals surface area contributed by atoms with E-state index in [4.69, 9.17) is 28.7 Å². The summed E-state index contributed by atoms with van der Waals surface area (Å²) >= 11 is 0. The van der Waals surface area contributed by atoms with Crippen LogP contribution in [0.3, 0.4) is 0 Å². The lowest BCUT2D eigenvalue weighted by atomic mass is 9.97. The molecule has 0 heterocycles. The number of nitrogens with zero attached hydrogens (tertiary/aromatic N) is 2. The summed E-state index contributed by atoms with van der Waals surface area (Å²) in [5.41, 5.74) is 28.5. The molecule has 0 fully saturated rings. The first-order valence-corrected chi connectivity index (χ1v) is 19.6. The molecule has 0 saturated heterocycles. The summed E-state index contributed by atoms with van der Waals surface area (Å²) in [7, 11) is 0. The van der Waals surface area contributed by atoms with E-state index in [1.165, 1.54) is 6.92 Å². The Morgan fingerprint density at radius 3 is 1.54 bits per heavy atom. The van der Waals surface area contributed by atoms with Crippen molar-refractivity contribution in [2.45, 2.75) is 130 Å². The van der Waals surface area contributed by atoms with Gasteiger partial charge in [0.25, 0.3) is 0 Å². The average molecular weight is 801 g/mol. The fraction of sp³-hybridized carbons (Fsp3) is 0.641. The van der Waals surface area contributed by atoms with Crippen molar-refractivity contribution < 1.29 is 28.8 Å². The van der Waals surface area contributed by atoms with Gasteiger partial charge in [-0.3, -0.25) is 38.8 Å². The normalized spacial score (nSPS) is 14.3. The first kappa shape index (κ1) is 49.8. The summed E-state index contributed by atoms with van der Waals surface area (Å²) in [5.74, 6) is -3.73. The Bertz CT molecular complexity index is 1510. The molecule has 6 unspecified atom stereocenters. The number of nitrogens with two attached hydrogens (primary N) is 5. The van der Waals surface area contributed by atoms with Crippen molar-refractivity contribution in [3.8, 4) is 0 Å². The van der Waals surface area contributed by atoms with Crippen molar-refractivity contribution in [1.29, 1.82) is 0 Å². The van der Waals surface area contributed by atoms with E-state index in [9.17, 15) is 28.8 Å². The second-order valence-corrected chi connectivity index (χ2v) is 15.5. The second kappa shape index (κ2) is 25.8. The van der Waals surface area contributed by atoms with Gasteiger partial charge >= 0.3 is 0 Å². The Morgan fingerprint density at radius 2 is 1.04 bits per heavy atom. The highest BCUT2D eigenvalue weighted by molar-refractivity contribution is 5.97. The Morgan fingerprint density at radius 1 is 0.579 bits per heavy atom. The fourth-order valence-corrected chi connectivity index (χ4v) is 5.86. The summed E-state index contributed by atoms with van der Waals surface area (Å²) in [6.45, 7) is 13.0. The number of ketones is 1. The third kappa shape index (κ3) is 20.5. The minimum atomic E-state index is -1.19. The fourth-order valence-electron chi connectivity index (χ4n) is 5.86. The Labute approximate surface area is 337 Å². The zero-order valence-corrected chi connectivity index (χ0v) is 34.7. The molecule has 0 aromatic heterocycles. The van der Waals surface area contributed by atoms with Gasteiger partial charge in [0, 0.05) is 19.5 Å². The standard InChI is InChI=1S/C39H68N12O6/c1-22(2)19-29(25(7)52)48-35(55)30(20-23(3)4)50-37(57)32(24(5)6)51-36(56)31(21-26-13-9-8-10-14-26)49-34(54)28(16-12-18-46-39(43)44)47-33(53)27(40)15-11-17-45-38(41)42/h8-10,13-14,22-24,27-32H,11-12,15-21,40H2,1-7H3,(H,47,53)(H,48,55)(H,49,54)(H,50,57)(H,51,56)(H4,41,42,45)(H4,43,44,46). The van der Waals surface area contributed by atoms with Crippen LogP contribution < -0.4 is 55.3 Å². The van der Waals surface area contributed by atoms with Crippen LogP contribution in [-0.4, -0.2) is 96.6 Å². The molecule has 0 aliphatic carbocycles. The number of Topliss-reactive ketones (excluding diaryl/α,β-unsaturated/α-hetero) is 1. The Hall–Kier alpha value is -5.26. The first-order valence-electron chi connectivity index (χ1n) is 19.6. The van der Waals surface area contributed by atoms with Gasteiger partial charge in [-0.25, -0.2) is 0 Å². The largest absolute Gasteiger partial charge is 0.370 e. The molecule has 0 spiro atoms. The quantitative estimate of drug-likeness (QED) is 0.0321. The summed E-state index contributed by atoms with van der Waals surface area (Å²) in [6.07, 6.45) is 1.83. The molecule has 15 N–H and O–H groups in total. The highest BCUT2D eigenvalue weighted by atomic mass is 16.2. The molecule has 320 valence electrons. The van der Waals surface area contributed by atoms with Gasteiger partial charge in [0.05, 0.1) is 12.1 Å². The molecule has 5 amide bonds. The molecule has 0 aliphatic rings. The lowest BCUT2D eigenvalue weighted by Gasteiger charge is -2.29. The van der Waals surface area contributed by atoms with Crippen molar-refractivity contribution in [2.75, 3.05) is 13.1 Å². The SMILES string of the molecule is CC(=O)C(CC(C)C)NC(=O)C(CC(C)C)NC(=O)C(NC(=O)C(Cc1ccccc1)NC(=O)C(CCCN=C(N)N)NC(=O)C(N)CCCN=C(N)N)C(C)C. The van der Waals surface area contributed by atoms with Crippen molar-refractivity contribution in [3.63, 3.8) is 0 Å². The van der Waals surface area contributed by atoms with Gasteiger partial charge in [0.1, 0.15) is 24.2 Å². The summed E-state index contributed by atoms with van der Waals surface area (Å²) in [6, 6.07) is 2.86. The number of amides is 5. The number of aliphatic imine (C=N–C) groups is 2. The number of rotatable bonds is 26. The van der Waals surface area contributed by atoms with Gasteiger partial charge in [-0.1, -0.05) is 71.9 Å². The number of carbonyl (C=O) groups is 6. The van der Waals surface area contributed by atoms with Crippen molar-refractivity contribution in [2.24, 2.45) is 56.4 Å². The summed E-state index contributed by atoms with van der Waals surface area (Å²) in [4.78, 5) is 88.7. The number of carbonyl (C=O) groups excluding carboxylic acids is 6. The maximum atomic E-state index is 14.1. The van der Waals surface area contributed by atoms with Gasteiger partial charge in [-0.05, 0) is 68.8 Å². The van der Waals surface area contributed by atoms with Crippen molar-refractivity contribution in [3.05, 3.63) is 35.9 Å². The molecule has 18 heteroatoms. The monoisotopic (exact) mass is 801 g/mol. The molecule has 57 heavy (non-hydrogen) atoms. The van der Waals surface area contributed by atoms with E-state index < -0.39 is 71.7 Å². The van der Waals surface area contributed by atoms with Crippen LogP contribution in [0.5, 0.6) is 0 Å². The molecule has 1 aromatic rings. The van der Waals surface area contributed by atoms with Crippen LogP contribution in [0.1, 0.15) is 92.6 Å². The number of benzene rings is 1. The number of hydrogen-bond donors (Lipinski definition) is 10. The topological polar surface area (TPSA) is 317 Å². The zero-order valence-electron chi connectivity index (χ0n) is 34.7. The van der Waals surface area contributed by atoms with Gasteiger partial charge in [-0.15, -0.1) is 0 Å². The average Bonchev–Trinajstić information content (AvgIpc) is 3.11. The van der Waals surface area contributed by atoms with Gasteiger partial charge in [0.2, 0.25) is 29.5 Å². The van der Waals surface area contributed by atoms with E-state index in [-0.39, 0.29) is 68.3 Å². The lowest BCUT2D eigenvalue weighted by molar-refractivity contribution is -0.136. The van der Waals surface area contributed by atoms with Gasteiger partial charge < -0.3 is 55.3 Å². The maximum Gasteiger partial charge on any atom is 0.243 e. The lowest BCUT2D eigenvalue weighted by Crippen LogP contribution is -2.60. The van der Waals surface area contributed by atoms with Gasteiger partial charge in [0.15, 0.2) is 17.7 Å². The van der Waals surface area contributed by atoms with E-state index in [2.05, 4.69) is 36.6 Å². The van der Waals surface area contributed by atoms with Crippen LogP contribution in [0.2, 0.25) is 0 Å². The highest BCUT2D eigenvalue weighted by Crippen LogP contribution is 2.12. The summed E-state index contributed by atoms with van der Waals surface area (Å²) < 4.78 is 0. The van der Waals surface area contributed by atoms with E-state index in [1.54, 1.807) is 38.1 Å². The van der Waals surface area contributed by atoms with Crippen LogP contribution in [0.25, 0.3) is 0 Å². The molecule has 0 saturated carbocycles. The Kier molecular flexibility index (Phi) is 22.5. The third-order valence-corrected chi connectivity index (χ3v) is 8.90. The van der Waals surface area contributed by atoms with Crippen LogP contribution in [0.15, 0.2) is 40.3 Å². The second-order valence-electron chi connectivity index (χ2n) is 15.5.